The van der Waals surface area contributed by atoms with Gasteiger partial charge in [-0.3, -0.25) is 4.79 Å². The summed E-state index contributed by atoms with van der Waals surface area (Å²) in [7, 11) is 1.99. The van der Waals surface area contributed by atoms with Gasteiger partial charge in [0, 0.05) is 43.1 Å². The van der Waals surface area contributed by atoms with E-state index in [2.05, 4.69) is 25.7 Å². The number of amides is 1. The van der Waals surface area contributed by atoms with Crippen molar-refractivity contribution in [2.45, 2.75) is 32.4 Å². The Bertz CT molecular complexity index is 1100. The number of halogens is 3. The van der Waals surface area contributed by atoms with Gasteiger partial charge in [0.1, 0.15) is 6.61 Å². The van der Waals surface area contributed by atoms with E-state index in [1.165, 1.54) is 12.1 Å². The number of anilines is 2. The lowest BCUT2D eigenvalue weighted by molar-refractivity contribution is -0.137. The largest absolute Gasteiger partial charge is 0.486 e. The summed E-state index contributed by atoms with van der Waals surface area (Å²) in [6.45, 7) is 9.58. The molecule has 8 heteroatoms. The quantitative estimate of drug-likeness (QED) is 0.561. The highest BCUT2D eigenvalue weighted by Crippen LogP contribution is 2.38. The van der Waals surface area contributed by atoms with Gasteiger partial charge < -0.3 is 19.4 Å². The van der Waals surface area contributed by atoms with Crippen molar-refractivity contribution in [1.29, 1.82) is 0 Å². The van der Waals surface area contributed by atoms with Gasteiger partial charge in [0.2, 0.25) is 0 Å². The summed E-state index contributed by atoms with van der Waals surface area (Å²) in [4.78, 5) is 19.0. The van der Waals surface area contributed by atoms with E-state index >= 15 is 0 Å². The predicted molar refractivity (Wildman–Crippen MR) is 133 cm³/mol. The molecule has 2 aliphatic heterocycles. The van der Waals surface area contributed by atoms with Gasteiger partial charge >= 0.3 is 6.18 Å². The molecule has 0 aliphatic carbocycles. The zero-order chi connectivity index (χ0) is 25.4. The molecule has 0 N–H and O–H groups in total. The molecule has 2 saturated heterocycles. The third kappa shape index (κ3) is 5.48. The molecule has 35 heavy (non-hydrogen) atoms. The number of morpholine rings is 1. The molecule has 5 nitrogen and oxygen atoms in total. The van der Waals surface area contributed by atoms with Crippen LogP contribution in [0, 0.1) is 0 Å². The smallest absolute Gasteiger partial charge is 0.417 e. The number of hydrogen-bond donors (Lipinski definition) is 0. The highest BCUT2D eigenvalue weighted by molar-refractivity contribution is 6.08. The summed E-state index contributed by atoms with van der Waals surface area (Å²) in [6, 6.07) is 11.9. The second kappa shape index (κ2) is 9.57. The predicted octanol–water partition coefficient (Wildman–Crippen LogP) is 5.16. The summed E-state index contributed by atoms with van der Waals surface area (Å²) in [5, 5.41) is 0. The first kappa shape index (κ1) is 25.1. The van der Waals surface area contributed by atoms with Crippen molar-refractivity contribution < 1.29 is 22.7 Å². The highest BCUT2D eigenvalue weighted by atomic mass is 19.4. The molecular weight excluding hydrogens is 455 g/mol. The van der Waals surface area contributed by atoms with Crippen LogP contribution in [0.3, 0.4) is 0 Å². The molecule has 4 rings (SSSR count). The van der Waals surface area contributed by atoms with Crippen molar-refractivity contribution in [3.8, 4) is 0 Å². The molecule has 0 unspecified atom stereocenters. The van der Waals surface area contributed by atoms with Crippen LogP contribution in [0.15, 0.2) is 48.2 Å². The minimum atomic E-state index is -4.56. The Morgan fingerprint density at radius 1 is 0.914 bits per heavy atom. The normalized spacial score (nSPS) is 19.3. The molecule has 188 valence electrons. The Labute approximate surface area is 204 Å². The maximum atomic E-state index is 14.0. The Kier molecular flexibility index (Phi) is 6.86. The number of piperazine rings is 1. The summed E-state index contributed by atoms with van der Waals surface area (Å²) in [5.74, 6) is -0.524. The van der Waals surface area contributed by atoms with Crippen molar-refractivity contribution >= 4 is 23.4 Å². The minimum absolute atomic E-state index is 0.0282. The van der Waals surface area contributed by atoms with E-state index in [9.17, 15) is 18.0 Å². The number of alkyl halides is 3. The summed E-state index contributed by atoms with van der Waals surface area (Å²) in [5.41, 5.74) is 1.46. The second-order valence-electron chi connectivity index (χ2n) is 10.1. The Hall–Kier alpha value is -3.00. The molecule has 0 atom stereocenters. The van der Waals surface area contributed by atoms with Crippen molar-refractivity contribution in [2.24, 2.45) is 0 Å². The molecule has 2 aromatic carbocycles. The van der Waals surface area contributed by atoms with Crippen LogP contribution in [0.25, 0.3) is 6.08 Å². The van der Waals surface area contributed by atoms with Crippen molar-refractivity contribution in [2.75, 3.05) is 56.2 Å². The number of carbonyl (C=O) groups excluding carboxylic acids is 1. The van der Waals surface area contributed by atoms with Crippen molar-refractivity contribution in [3.63, 3.8) is 0 Å². The summed E-state index contributed by atoms with van der Waals surface area (Å²) in [6.07, 6.45) is -3.29. The van der Waals surface area contributed by atoms with Gasteiger partial charge in [0.15, 0.2) is 5.76 Å². The van der Waals surface area contributed by atoms with E-state index in [1.54, 1.807) is 11.0 Å². The van der Waals surface area contributed by atoms with Crippen LogP contribution in [-0.2, 0) is 21.1 Å². The molecule has 1 amide bonds. The van der Waals surface area contributed by atoms with Crippen molar-refractivity contribution in [1.82, 2.24) is 4.90 Å². The monoisotopic (exact) mass is 487 g/mol. The number of hydrogen-bond acceptors (Lipinski definition) is 4. The van der Waals surface area contributed by atoms with E-state index in [0.29, 0.717) is 31.0 Å². The van der Waals surface area contributed by atoms with E-state index < -0.39 is 17.6 Å². The van der Waals surface area contributed by atoms with Crippen LogP contribution in [0.5, 0.6) is 0 Å². The van der Waals surface area contributed by atoms with Gasteiger partial charge in [-0.1, -0.05) is 39.0 Å². The van der Waals surface area contributed by atoms with Gasteiger partial charge in [0.25, 0.3) is 5.91 Å². The average Bonchev–Trinajstić information content (AvgIpc) is 2.80. The lowest BCUT2D eigenvalue weighted by Crippen LogP contribution is -2.45. The molecule has 2 fully saturated rings. The first-order valence-corrected chi connectivity index (χ1v) is 11.9. The Balaban J connectivity index is 1.70. The van der Waals surface area contributed by atoms with E-state index in [1.807, 2.05) is 36.2 Å². The number of rotatable bonds is 3. The van der Waals surface area contributed by atoms with Crippen molar-refractivity contribution in [3.05, 3.63) is 64.9 Å². The van der Waals surface area contributed by atoms with Gasteiger partial charge in [-0.15, -0.1) is 0 Å². The molecular formula is C27H32F3N3O2. The zero-order valence-corrected chi connectivity index (χ0v) is 20.7. The first-order chi connectivity index (χ1) is 16.4. The van der Waals surface area contributed by atoms with Crippen LogP contribution in [-0.4, -0.2) is 57.2 Å². The van der Waals surface area contributed by atoms with Crippen LogP contribution >= 0.6 is 0 Å². The Morgan fingerprint density at radius 3 is 2.17 bits per heavy atom. The zero-order valence-electron chi connectivity index (χ0n) is 20.7. The standard InChI is InChI=1S/C27H32F3N3O2/c1-26(2,3)19-8-10-20(11-9-19)33-16-17-35-24(25(33)34)18-21-22(27(28,29)30)6-5-7-23(21)32-14-12-31(4)13-15-32/h5-11,18H,12-17H2,1-4H3/b24-18-. The van der Waals surface area contributed by atoms with Crippen LogP contribution in [0.1, 0.15) is 37.5 Å². The maximum Gasteiger partial charge on any atom is 0.417 e. The van der Waals surface area contributed by atoms with Gasteiger partial charge in [-0.2, -0.15) is 13.2 Å². The fraction of sp³-hybridized carbons (Fsp3) is 0.444. The Morgan fingerprint density at radius 2 is 1.57 bits per heavy atom. The molecule has 0 saturated carbocycles. The molecule has 0 aromatic heterocycles. The topological polar surface area (TPSA) is 36.0 Å². The average molecular weight is 488 g/mol. The first-order valence-electron chi connectivity index (χ1n) is 11.9. The van der Waals surface area contributed by atoms with Gasteiger partial charge in [0.05, 0.1) is 12.1 Å². The number of benzene rings is 2. The maximum absolute atomic E-state index is 14.0. The number of ether oxygens (including phenoxy) is 1. The highest BCUT2D eigenvalue weighted by Gasteiger charge is 2.36. The molecule has 2 aliphatic rings. The molecule has 0 bridgehead atoms. The number of carbonyl (C=O) groups is 1. The lowest BCUT2D eigenvalue weighted by atomic mass is 9.87. The molecule has 2 heterocycles. The number of nitrogens with zero attached hydrogens (tertiary/aromatic N) is 3. The fourth-order valence-corrected chi connectivity index (χ4v) is 4.44. The van der Waals surface area contributed by atoms with E-state index in [-0.39, 0.29) is 23.3 Å². The van der Waals surface area contributed by atoms with Crippen LogP contribution < -0.4 is 9.80 Å². The molecule has 2 aromatic rings. The SMILES string of the molecule is CN1CCN(c2cccc(C(F)(F)F)c2/C=C2\OCCN(c3ccc(C(C)(C)C)cc3)C2=O)CC1. The second-order valence-corrected chi connectivity index (χ2v) is 10.1. The number of likely N-dealkylation sites (N-methyl/N-ethyl adjacent to an activating group) is 1. The van der Waals surface area contributed by atoms with E-state index in [4.69, 9.17) is 4.74 Å². The minimum Gasteiger partial charge on any atom is -0.486 e. The third-order valence-corrected chi connectivity index (χ3v) is 6.58. The third-order valence-electron chi connectivity index (χ3n) is 6.58. The molecule has 0 radical (unpaired) electrons. The summed E-state index contributed by atoms with van der Waals surface area (Å²) >= 11 is 0. The lowest BCUT2D eigenvalue weighted by Gasteiger charge is -2.35. The summed E-state index contributed by atoms with van der Waals surface area (Å²) < 4.78 is 47.6. The molecule has 0 spiro atoms. The van der Waals surface area contributed by atoms with E-state index in [0.717, 1.165) is 24.7 Å². The van der Waals surface area contributed by atoms with Crippen LogP contribution in [0.2, 0.25) is 0 Å². The van der Waals surface area contributed by atoms with Gasteiger partial charge in [-0.05, 0) is 48.4 Å². The fourth-order valence-electron chi connectivity index (χ4n) is 4.44. The van der Waals surface area contributed by atoms with Crippen LogP contribution in [0.4, 0.5) is 24.5 Å². The van der Waals surface area contributed by atoms with Gasteiger partial charge in [-0.25, -0.2) is 0 Å².